The summed E-state index contributed by atoms with van der Waals surface area (Å²) in [6.45, 7) is 7.86. The largest absolute Gasteiger partial charge is 0.465 e. The van der Waals surface area contributed by atoms with Gasteiger partial charge in [-0.15, -0.1) is 0 Å². The quantitative estimate of drug-likeness (QED) is 0.262. The lowest BCUT2D eigenvalue weighted by Gasteiger charge is -2.29. The number of aromatic nitrogens is 1. The maximum absolute atomic E-state index is 13.5. The van der Waals surface area contributed by atoms with Gasteiger partial charge >= 0.3 is 5.97 Å². The first-order chi connectivity index (χ1) is 16.2. The van der Waals surface area contributed by atoms with Crippen molar-refractivity contribution < 1.29 is 19.1 Å². The first-order valence-electron chi connectivity index (χ1n) is 10.9. The van der Waals surface area contributed by atoms with Crippen LogP contribution in [0.4, 0.5) is 5.69 Å². The molecule has 34 heavy (non-hydrogen) atoms. The number of amides is 2. The fourth-order valence-electron chi connectivity index (χ4n) is 4.08. The van der Waals surface area contributed by atoms with Gasteiger partial charge in [0.1, 0.15) is 12.1 Å². The zero-order chi connectivity index (χ0) is 24.6. The summed E-state index contributed by atoms with van der Waals surface area (Å²) in [5, 5.41) is 3.50. The number of ether oxygens (including phenoxy) is 1. The third-order valence-electron chi connectivity index (χ3n) is 6.01. The van der Waals surface area contributed by atoms with Crippen molar-refractivity contribution in [3.8, 4) is 0 Å². The van der Waals surface area contributed by atoms with E-state index >= 15 is 0 Å². The summed E-state index contributed by atoms with van der Waals surface area (Å²) in [4.78, 5) is 39.9. The highest BCUT2D eigenvalue weighted by atomic mass is 32.1. The standard InChI is InChI=1S/C26H25N3O4S/c1-5-33-23(30)14-28-17(4)20(19-8-6-7-9-22(19)28)13-21-24(31)27-26(34)29(25(21)32)18-11-10-15(2)16(3)12-18/h6-13H,5,14H2,1-4H3,(H,27,31,34)/b21-13+. The Bertz CT molecular complexity index is 1390. The van der Waals surface area contributed by atoms with Crippen LogP contribution >= 0.6 is 12.2 Å². The maximum Gasteiger partial charge on any atom is 0.325 e. The van der Waals surface area contributed by atoms with Gasteiger partial charge in [0.25, 0.3) is 11.8 Å². The van der Waals surface area contributed by atoms with Gasteiger partial charge in [-0.25, -0.2) is 0 Å². The van der Waals surface area contributed by atoms with Gasteiger partial charge in [0.2, 0.25) is 0 Å². The van der Waals surface area contributed by atoms with E-state index in [2.05, 4.69) is 5.32 Å². The van der Waals surface area contributed by atoms with Crippen molar-refractivity contribution >= 4 is 57.8 Å². The fraction of sp³-hybridized carbons (Fsp3) is 0.231. The molecular weight excluding hydrogens is 450 g/mol. The molecule has 0 bridgehead atoms. The topological polar surface area (TPSA) is 80.6 Å². The second-order valence-corrected chi connectivity index (χ2v) is 8.52. The Morgan fingerprint density at radius 3 is 2.53 bits per heavy atom. The molecular formula is C26H25N3O4S. The Hall–Kier alpha value is -3.78. The number of aryl methyl sites for hydroxylation is 2. The summed E-state index contributed by atoms with van der Waals surface area (Å²) in [7, 11) is 0. The summed E-state index contributed by atoms with van der Waals surface area (Å²) < 4.78 is 6.95. The van der Waals surface area contributed by atoms with Crippen molar-refractivity contribution in [1.82, 2.24) is 9.88 Å². The van der Waals surface area contributed by atoms with E-state index in [1.165, 1.54) is 4.90 Å². The number of nitrogens with one attached hydrogen (secondary N) is 1. The van der Waals surface area contributed by atoms with E-state index in [0.29, 0.717) is 11.3 Å². The second-order valence-electron chi connectivity index (χ2n) is 8.13. The van der Waals surface area contributed by atoms with Gasteiger partial charge in [-0.3, -0.25) is 24.6 Å². The van der Waals surface area contributed by atoms with Crippen LogP contribution in [0, 0.1) is 20.8 Å². The molecule has 1 fully saturated rings. The average molecular weight is 476 g/mol. The van der Waals surface area contributed by atoms with Gasteiger partial charge in [0.05, 0.1) is 12.3 Å². The number of rotatable bonds is 5. The Morgan fingerprint density at radius 1 is 1.09 bits per heavy atom. The third-order valence-corrected chi connectivity index (χ3v) is 6.30. The first-order valence-corrected chi connectivity index (χ1v) is 11.4. The number of thiocarbonyl (C=S) groups is 1. The fourth-order valence-corrected chi connectivity index (χ4v) is 4.36. The Morgan fingerprint density at radius 2 is 1.82 bits per heavy atom. The zero-order valence-corrected chi connectivity index (χ0v) is 20.3. The molecule has 174 valence electrons. The number of esters is 1. The molecule has 1 aliphatic rings. The van der Waals surface area contributed by atoms with E-state index in [0.717, 1.165) is 27.7 Å². The lowest BCUT2D eigenvalue weighted by Crippen LogP contribution is -2.54. The molecule has 4 rings (SSSR count). The monoisotopic (exact) mass is 475 g/mol. The number of hydrogen-bond donors (Lipinski definition) is 1. The van der Waals surface area contributed by atoms with E-state index in [1.54, 1.807) is 19.1 Å². The van der Waals surface area contributed by atoms with Gasteiger partial charge in [-0.2, -0.15) is 0 Å². The Labute approximate surface area is 203 Å². The molecule has 0 atom stereocenters. The van der Waals surface area contributed by atoms with Crippen LogP contribution in [0.25, 0.3) is 17.0 Å². The van der Waals surface area contributed by atoms with Gasteiger partial charge < -0.3 is 9.30 Å². The van der Waals surface area contributed by atoms with Gasteiger partial charge in [-0.05, 0) is 75.3 Å². The van der Waals surface area contributed by atoms with Crippen LogP contribution < -0.4 is 10.2 Å². The van der Waals surface area contributed by atoms with E-state index in [4.69, 9.17) is 17.0 Å². The molecule has 1 aromatic heterocycles. The Balaban J connectivity index is 1.82. The molecule has 3 aromatic rings. The van der Waals surface area contributed by atoms with Gasteiger partial charge in [-0.1, -0.05) is 24.3 Å². The number of carbonyl (C=O) groups is 3. The smallest absolute Gasteiger partial charge is 0.325 e. The highest BCUT2D eigenvalue weighted by molar-refractivity contribution is 7.80. The number of nitrogens with zero attached hydrogens (tertiary/aromatic N) is 2. The minimum Gasteiger partial charge on any atom is -0.465 e. The Kier molecular flexibility index (Phi) is 6.34. The van der Waals surface area contributed by atoms with Gasteiger partial charge in [0.15, 0.2) is 5.11 Å². The molecule has 0 saturated carbocycles. The average Bonchev–Trinajstić information content (AvgIpc) is 3.04. The molecule has 8 heteroatoms. The predicted octanol–water partition coefficient (Wildman–Crippen LogP) is 3.96. The number of carbonyl (C=O) groups excluding carboxylic acids is 3. The molecule has 1 saturated heterocycles. The summed E-state index contributed by atoms with van der Waals surface area (Å²) in [5.41, 5.74) is 4.89. The van der Waals surface area contributed by atoms with Crippen molar-refractivity contribution in [3.05, 3.63) is 70.4 Å². The second kappa shape index (κ2) is 9.23. The van der Waals surface area contributed by atoms with Crippen LogP contribution in [0.5, 0.6) is 0 Å². The molecule has 2 amide bonds. The van der Waals surface area contributed by atoms with E-state index in [1.807, 2.05) is 61.7 Å². The van der Waals surface area contributed by atoms with E-state index < -0.39 is 11.8 Å². The molecule has 0 spiro atoms. The van der Waals surface area contributed by atoms with Crippen LogP contribution in [0.2, 0.25) is 0 Å². The highest BCUT2D eigenvalue weighted by Crippen LogP contribution is 2.30. The number of hydrogen-bond acceptors (Lipinski definition) is 5. The van der Waals surface area contributed by atoms with Crippen molar-refractivity contribution in [1.29, 1.82) is 0 Å². The van der Waals surface area contributed by atoms with Crippen LogP contribution in [0.3, 0.4) is 0 Å². The normalized spacial score (nSPS) is 15.2. The van der Waals surface area contributed by atoms with Crippen molar-refractivity contribution in [3.63, 3.8) is 0 Å². The molecule has 1 aliphatic heterocycles. The lowest BCUT2D eigenvalue weighted by molar-refractivity contribution is -0.143. The molecule has 0 radical (unpaired) electrons. The summed E-state index contributed by atoms with van der Waals surface area (Å²) in [5.74, 6) is -1.42. The zero-order valence-electron chi connectivity index (χ0n) is 19.5. The van der Waals surface area contributed by atoms with Crippen molar-refractivity contribution in [2.24, 2.45) is 0 Å². The summed E-state index contributed by atoms with van der Waals surface area (Å²) in [6.07, 6.45) is 1.58. The predicted molar refractivity (Wildman–Crippen MR) is 135 cm³/mol. The number of fused-ring (bicyclic) bond motifs is 1. The van der Waals surface area contributed by atoms with Crippen LogP contribution in [-0.4, -0.2) is 34.1 Å². The van der Waals surface area contributed by atoms with Crippen LogP contribution in [0.15, 0.2) is 48.0 Å². The minimum atomic E-state index is -0.559. The molecule has 2 aromatic carbocycles. The molecule has 7 nitrogen and oxygen atoms in total. The molecule has 2 heterocycles. The minimum absolute atomic E-state index is 0.0301. The van der Waals surface area contributed by atoms with E-state index in [-0.39, 0.29) is 29.8 Å². The third kappa shape index (κ3) is 4.12. The van der Waals surface area contributed by atoms with Crippen LogP contribution in [-0.2, 0) is 25.7 Å². The van der Waals surface area contributed by atoms with Crippen molar-refractivity contribution in [2.45, 2.75) is 34.2 Å². The van der Waals surface area contributed by atoms with Crippen molar-refractivity contribution in [2.75, 3.05) is 11.5 Å². The number of para-hydroxylation sites is 1. The maximum atomic E-state index is 13.5. The lowest BCUT2D eigenvalue weighted by atomic mass is 10.0. The molecule has 1 N–H and O–H groups in total. The highest BCUT2D eigenvalue weighted by Gasteiger charge is 2.35. The summed E-state index contributed by atoms with van der Waals surface area (Å²) >= 11 is 5.33. The number of anilines is 1. The van der Waals surface area contributed by atoms with E-state index in [9.17, 15) is 14.4 Å². The first kappa shape index (κ1) is 23.4. The SMILES string of the molecule is CCOC(=O)Cn1c(C)c(/C=C2\C(=O)NC(=S)N(c3ccc(C)c(C)c3)C2=O)c2ccccc21. The summed E-state index contributed by atoms with van der Waals surface area (Å²) in [6, 6.07) is 13.1. The number of benzene rings is 2. The van der Waals surface area contributed by atoms with Crippen LogP contribution in [0.1, 0.15) is 29.3 Å². The molecule has 0 aliphatic carbocycles. The van der Waals surface area contributed by atoms with Gasteiger partial charge in [0, 0.05) is 22.2 Å². The molecule has 0 unspecified atom stereocenters.